The van der Waals surface area contributed by atoms with Crippen LogP contribution in [0.25, 0.3) is 0 Å². The van der Waals surface area contributed by atoms with E-state index in [2.05, 4.69) is 34.0 Å². The van der Waals surface area contributed by atoms with E-state index < -0.39 is 10.0 Å². The van der Waals surface area contributed by atoms with Gasteiger partial charge in [-0.2, -0.15) is 0 Å². The third-order valence-corrected chi connectivity index (χ3v) is 5.42. The first-order chi connectivity index (χ1) is 9.86. The second kappa shape index (κ2) is 6.27. The van der Waals surface area contributed by atoms with Crippen molar-refractivity contribution in [3.63, 3.8) is 0 Å². The van der Waals surface area contributed by atoms with Crippen LogP contribution >= 0.6 is 0 Å². The molecule has 1 fully saturated rings. The van der Waals surface area contributed by atoms with Crippen molar-refractivity contribution < 1.29 is 8.42 Å². The average Bonchev–Trinajstić information content (AvgIpc) is 2.49. The first-order valence-electron chi connectivity index (χ1n) is 6.96. The van der Waals surface area contributed by atoms with Gasteiger partial charge < -0.3 is 10.3 Å². The van der Waals surface area contributed by atoms with Crippen molar-refractivity contribution in [1.82, 2.24) is 14.6 Å². The fourth-order valence-corrected chi connectivity index (χ4v) is 3.68. The molecule has 0 amide bonds. The number of hydrogen-bond acceptors (Lipinski definition) is 6. The van der Waals surface area contributed by atoms with E-state index >= 15 is 0 Å². The molecule has 0 spiro atoms. The summed E-state index contributed by atoms with van der Waals surface area (Å²) in [7, 11) is -1.59. The summed E-state index contributed by atoms with van der Waals surface area (Å²) in [4.78, 5) is 6.17. The number of sulfonamides is 1. The van der Waals surface area contributed by atoms with E-state index in [1.807, 2.05) is 0 Å². The summed E-state index contributed by atoms with van der Waals surface area (Å²) in [5, 5.41) is -0.0657. The van der Waals surface area contributed by atoms with Gasteiger partial charge in [0.1, 0.15) is 0 Å². The second-order valence-corrected chi connectivity index (χ2v) is 7.62. The number of hydrogen-bond donors (Lipinski definition) is 3. The standard InChI is InChI=1S/C13H23N5O2S/c1-13(5-8-18(2)9-6-13)10-16-21(19,20)12-11(17-14)4-3-7-15-12/h3-4,7,16-17H,5-6,8-10,14H2,1-2H3. The van der Waals surface area contributed by atoms with Gasteiger partial charge in [-0.3, -0.25) is 5.84 Å². The molecule has 2 rings (SSSR count). The molecule has 1 saturated heterocycles. The van der Waals surface area contributed by atoms with Crippen molar-refractivity contribution in [1.29, 1.82) is 0 Å². The number of nitrogens with zero attached hydrogens (tertiary/aromatic N) is 2. The Balaban J connectivity index is 2.08. The van der Waals surface area contributed by atoms with Gasteiger partial charge in [0, 0.05) is 12.7 Å². The lowest BCUT2D eigenvalue weighted by molar-refractivity contribution is 0.143. The SMILES string of the molecule is CN1CCC(C)(CNS(=O)(=O)c2ncccc2NN)CC1. The quantitative estimate of drug-likeness (QED) is 0.537. The number of nitrogens with two attached hydrogens (primary N) is 1. The van der Waals surface area contributed by atoms with Crippen molar-refractivity contribution in [2.24, 2.45) is 11.3 Å². The Kier molecular flexibility index (Phi) is 4.82. The molecule has 0 unspecified atom stereocenters. The van der Waals surface area contributed by atoms with E-state index in [1.54, 1.807) is 12.1 Å². The molecular weight excluding hydrogens is 290 g/mol. The zero-order valence-corrected chi connectivity index (χ0v) is 13.3. The van der Waals surface area contributed by atoms with E-state index in [1.165, 1.54) is 6.20 Å². The predicted octanol–water partition coefficient (Wildman–Crippen LogP) is 0.377. The van der Waals surface area contributed by atoms with Crippen molar-refractivity contribution in [2.45, 2.75) is 24.8 Å². The molecule has 8 heteroatoms. The number of anilines is 1. The van der Waals surface area contributed by atoms with Gasteiger partial charge in [-0.05, 0) is 50.5 Å². The zero-order chi connectivity index (χ0) is 15.5. The molecule has 1 aliphatic heterocycles. The Morgan fingerprint density at radius 3 is 2.71 bits per heavy atom. The summed E-state index contributed by atoms with van der Waals surface area (Å²) in [5.74, 6) is 5.34. The van der Waals surface area contributed by atoms with Crippen LogP contribution in [-0.4, -0.2) is 45.0 Å². The molecule has 1 aromatic rings. The van der Waals surface area contributed by atoms with Crippen LogP contribution in [0.2, 0.25) is 0 Å². The average molecular weight is 313 g/mol. The minimum absolute atomic E-state index is 0.0231. The summed E-state index contributed by atoms with van der Waals surface area (Å²) in [6.07, 6.45) is 3.37. The van der Waals surface area contributed by atoms with E-state index in [-0.39, 0.29) is 10.4 Å². The van der Waals surface area contributed by atoms with Gasteiger partial charge >= 0.3 is 0 Å². The highest BCUT2D eigenvalue weighted by Crippen LogP contribution is 2.30. The van der Waals surface area contributed by atoms with E-state index in [9.17, 15) is 8.42 Å². The molecule has 4 N–H and O–H groups in total. The molecule has 0 radical (unpaired) electrons. The number of piperidine rings is 1. The van der Waals surface area contributed by atoms with Gasteiger partial charge in [-0.1, -0.05) is 6.92 Å². The molecule has 0 bridgehead atoms. The molecule has 1 aromatic heterocycles. The van der Waals surface area contributed by atoms with Crippen LogP contribution in [-0.2, 0) is 10.0 Å². The number of likely N-dealkylation sites (tertiary alicyclic amines) is 1. The summed E-state index contributed by atoms with van der Waals surface area (Å²) in [6, 6.07) is 3.21. The van der Waals surface area contributed by atoms with Crippen LogP contribution in [0.1, 0.15) is 19.8 Å². The Bertz CT molecular complexity index is 582. The first kappa shape index (κ1) is 16.2. The maximum atomic E-state index is 12.4. The Morgan fingerprint density at radius 1 is 1.43 bits per heavy atom. The predicted molar refractivity (Wildman–Crippen MR) is 82.1 cm³/mol. The van der Waals surface area contributed by atoms with Crippen molar-refractivity contribution in [3.05, 3.63) is 18.3 Å². The Hall–Kier alpha value is -1.22. The molecule has 1 aliphatic rings. The smallest absolute Gasteiger partial charge is 0.260 e. The topological polar surface area (TPSA) is 100 Å². The molecule has 7 nitrogen and oxygen atoms in total. The Morgan fingerprint density at radius 2 is 2.10 bits per heavy atom. The highest BCUT2D eigenvalue weighted by Gasteiger charge is 2.31. The molecule has 0 aromatic carbocycles. The van der Waals surface area contributed by atoms with Crippen LogP contribution in [0.15, 0.2) is 23.4 Å². The van der Waals surface area contributed by atoms with Crippen LogP contribution in [0.5, 0.6) is 0 Å². The van der Waals surface area contributed by atoms with E-state index in [4.69, 9.17) is 5.84 Å². The van der Waals surface area contributed by atoms with E-state index in [0.717, 1.165) is 25.9 Å². The fraction of sp³-hybridized carbons (Fsp3) is 0.615. The van der Waals surface area contributed by atoms with Crippen LogP contribution in [0, 0.1) is 5.41 Å². The lowest BCUT2D eigenvalue weighted by atomic mass is 9.81. The molecule has 2 heterocycles. The normalized spacial score (nSPS) is 19.4. The number of hydrazine groups is 1. The van der Waals surface area contributed by atoms with Gasteiger partial charge in [0.25, 0.3) is 10.0 Å². The van der Waals surface area contributed by atoms with E-state index in [0.29, 0.717) is 12.2 Å². The number of aromatic nitrogens is 1. The lowest BCUT2D eigenvalue weighted by Crippen LogP contribution is -2.43. The van der Waals surface area contributed by atoms with Crippen LogP contribution < -0.4 is 16.0 Å². The highest BCUT2D eigenvalue weighted by molar-refractivity contribution is 7.89. The molecule has 0 aliphatic carbocycles. The number of nitrogen functional groups attached to an aromatic ring is 1. The first-order valence-corrected chi connectivity index (χ1v) is 8.44. The molecule has 0 atom stereocenters. The number of pyridine rings is 1. The summed E-state index contributed by atoms with van der Waals surface area (Å²) in [6.45, 7) is 4.49. The summed E-state index contributed by atoms with van der Waals surface area (Å²) >= 11 is 0. The minimum Gasteiger partial charge on any atom is -0.321 e. The molecule has 118 valence electrons. The summed E-state index contributed by atoms with van der Waals surface area (Å²) < 4.78 is 27.4. The fourth-order valence-electron chi connectivity index (χ4n) is 2.39. The second-order valence-electron chi connectivity index (χ2n) is 5.94. The van der Waals surface area contributed by atoms with Crippen molar-refractivity contribution in [2.75, 3.05) is 32.1 Å². The van der Waals surface area contributed by atoms with Gasteiger partial charge in [-0.25, -0.2) is 18.1 Å². The maximum absolute atomic E-state index is 12.4. The third-order valence-electron chi connectivity index (χ3n) is 4.06. The largest absolute Gasteiger partial charge is 0.321 e. The molecular formula is C13H23N5O2S. The van der Waals surface area contributed by atoms with Crippen molar-refractivity contribution >= 4 is 15.7 Å². The van der Waals surface area contributed by atoms with Gasteiger partial charge in [0.15, 0.2) is 5.03 Å². The third kappa shape index (κ3) is 3.91. The minimum atomic E-state index is -3.67. The van der Waals surface area contributed by atoms with Gasteiger partial charge in [0.05, 0.1) is 5.69 Å². The van der Waals surface area contributed by atoms with Crippen LogP contribution in [0.3, 0.4) is 0 Å². The number of nitrogens with one attached hydrogen (secondary N) is 2. The summed E-state index contributed by atoms with van der Waals surface area (Å²) in [5.41, 5.74) is 2.63. The number of rotatable bonds is 5. The van der Waals surface area contributed by atoms with Crippen LogP contribution in [0.4, 0.5) is 5.69 Å². The monoisotopic (exact) mass is 313 g/mol. The molecule has 21 heavy (non-hydrogen) atoms. The van der Waals surface area contributed by atoms with Gasteiger partial charge in [0.2, 0.25) is 0 Å². The molecule has 0 saturated carbocycles. The lowest BCUT2D eigenvalue weighted by Gasteiger charge is -2.37. The Labute approximate surface area is 125 Å². The highest BCUT2D eigenvalue weighted by atomic mass is 32.2. The van der Waals surface area contributed by atoms with Gasteiger partial charge in [-0.15, -0.1) is 0 Å². The van der Waals surface area contributed by atoms with Crippen molar-refractivity contribution in [3.8, 4) is 0 Å². The zero-order valence-electron chi connectivity index (χ0n) is 12.5. The maximum Gasteiger partial charge on any atom is 0.260 e.